The third-order valence-electron chi connectivity index (χ3n) is 2.29. The monoisotopic (exact) mass is 281 g/mol. The first-order valence-corrected chi connectivity index (χ1v) is 5.57. The van der Waals surface area contributed by atoms with Crippen LogP contribution in [0.4, 0.5) is 10.5 Å². The van der Waals surface area contributed by atoms with Crippen molar-refractivity contribution in [2.45, 2.75) is 0 Å². The molecule has 0 radical (unpaired) electrons. The lowest BCUT2D eigenvalue weighted by Crippen LogP contribution is -2.14. The van der Waals surface area contributed by atoms with Gasteiger partial charge in [-0.05, 0) is 6.07 Å². The molecule has 0 saturated heterocycles. The highest BCUT2D eigenvalue weighted by atomic mass is 16.5. The van der Waals surface area contributed by atoms with Crippen molar-refractivity contribution in [2.24, 2.45) is 0 Å². The highest BCUT2D eigenvalue weighted by molar-refractivity contribution is 5.95. The number of amides is 1. The van der Waals surface area contributed by atoms with Crippen LogP contribution in [0.2, 0.25) is 0 Å². The summed E-state index contributed by atoms with van der Waals surface area (Å²) in [4.78, 5) is 22.6. The van der Waals surface area contributed by atoms with E-state index < -0.39 is 12.1 Å². The maximum Gasteiger partial charge on any atom is 0.411 e. The molecule has 7 nitrogen and oxygen atoms in total. The van der Waals surface area contributed by atoms with E-state index in [0.717, 1.165) is 0 Å². The van der Waals surface area contributed by atoms with Gasteiger partial charge in [0.1, 0.15) is 12.2 Å². The molecule has 0 saturated carbocycles. The van der Waals surface area contributed by atoms with Crippen molar-refractivity contribution in [1.82, 2.24) is 0 Å². The van der Waals surface area contributed by atoms with E-state index in [4.69, 9.17) is 19.3 Å². The minimum atomic E-state index is -1.21. The summed E-state index contributed by atoms with van der Waals surface area (Å²) < 4.78 is 14.8. The lowest BCUT2D eigenvalue weighted by molar-refractivity contribution is 0.0692. The highest BCUT2D eigenvalue weighted by Crippen LogP contribution is 2.34. The van der Waals surface area contributed by atoms with Crippen LogP contribution in [0.1, 0.15) is 10.4 Å². The van der Waals surface area contributed by atoms with E-state index in [1.54, 1.807) is 0 Å². The topological polar surface area (TPSA) is 94.1 Å². The molecule has 0 spiro atoms. The van der Waals surface area contributed by atoms with Crippen LogP contribution in [0, 0.1) is 0 Å². The van der Waals surface area contributed by atoms with Gasteiger partial charge >= 0.3 is 12.1 Å². The number of anilines is 1. The van der Waals surface area contributed by atoms with Crippen LogP contribution < -0.4 is 14.8 Å². The van der Waals surface area contributed by atoms with E-state index >= 15 is 0 Å². The predicted molar refractivity (Wildman–Crippen MR) is 71.7 cm³/mol. The van der Waals surface area contributed by atoms with E-state index in [0.29, 0.717) is 0 Å². The average molecular weight is 281 g/mol. The fourth-order valence-corrected chi connectivity index (χ4v) is 1.48. The first-order valence-electron chi connectivity index (χ1n) is 5.57. The molecule has 0 unspecified atom stereocenters. The molecule has 0 aromatic heterocycles. The van der Waals surface area contributed by atoms with Crippen molar-refractivity contribution < 1.29 is 28.9 Å². The number of carboxylic acid groups (broad SMARTS) is 1. The lowest BCUT2D eigenvalue weighted by Gasteiger charge is -2.13. The van der Waals surface area contributed by atoms with Gasteiger partial charge < -0.3 is 19.3 Å². The Labute approximate surface area is 115 Å². The number of benzene rings is 1. The Hall–Kier alpha value is -2.70. The fourth-order valence-electron chi connectivity index (χ4n) is 1.48. The molecule has 1 rings (SSSR count). The zero-order valence-corrected chi connectivity index (χ0v) is 11.1. The quantitative estimate of drug-likeness (QED) is 0.776. The van der Waals surface area contributed by atoms with Crippen LogP contribution in [-0.2, 0) is 4.74 Å². The minimum absolute atomic E-state index is 0.0465. The summed E-state index contributed by atoms with van der Waals surface area (Å²) in [5.41, 5.74) is 0.0833. The van der Waals surface area contributed by atoms with Crippen LogP contribution in [0.25, 0.3) is 0 Å². The van der Waals surface area contributed by atoms with Crippen molar-refractivity contribution in [3.05, 3.63) is 30.4 Å². The number of carboxylic acids is 1. The van der Waals surface area contributed by atoms with E-state index in [-0.39, 0.29) is 29.4 Å². The lowest BCUT2D eigenvalue weighted by atomic mass is 10.1. The molecule has 0 aliphatic carbocycles. The normalized spacial score (nSPS) is 9.50. The van der Waals surface area contributed by atoms with Gasteiger partial charge in [-0.1, -0.05) is 12.7 Å². The number of rotatable bonds is 6. The Kier molecular flexibility index (Phi) is 5.40. The molecule has 7 heteroatoms. The van der Waals surface area contributed by atoms with E-state index in [1.807, 2.05) is 0 Å². The maximum absolute atomic E-state index is 11.4. The molecule has 1 aromatic carbocycles. The Morgan fingerprint density at radius 1 is 1.35 bits per heavy atom. The summed E-state index contributed by atoms with van der Waals surface area (Å²) in [5, 5.41) is 11.5. The van der Waals surface area contributed by atoms with Gasteiger partial charge in [-0.3, -0.25) is 5.32 Å². The fraction of sp³-hybridized carbons (Fsp3) is 0.231. The number of methoxy groups -OCH3 is 2. The smallest absolute Gasteiger partial charge is 0.411 e. The second-order valence-corrected chi connectivity index (χ2v) is 3.58. The first-order chi connectivity index (χ1) is 9.53. The standard InChI is InChI=1S/C13H15NO6/c1-4-5-20-13(17)14-8-6-9(12(15)16)11(19-3)10(7-8)18-2/h4,6-7H,1,5H2,2-3H3,(H,14,17)(H,15,16). The number of hydrogen-bond donors (Lipinski definition) is 2. The third-order valence-corrected chi connectivity index (χ3v) is 2.29. The summed E-state index contributed by atoms with van der Waals surface area (Å²) in [6.45, 7) is 3.45. The van der Waals surface area contributed by atoms with Gasteiger partial charge in [-0.15, -0.1) is 0 Å². The van der Waals surface area contributed by atoms with Crippen LogP contribution in [0.15, 0.2) is 24.8 Å². The molecule has 0 fully saturated rings. The van der Waals surface area contributed by atoms with Crippen molar-refractivity contribution in [2.75, 3.05) is 26.1 Å². The number of hydrogen-bond acceptors (Lipinski definition) is 5. The first kappa shape index (κ1) is 15.4. The Balaban J connectivity index is 3.09. The predicted octanol–water partition coefficient (Wildman–Crippen LogP) is 2.14. The second kappa shape index (κ2) is 7.03. The van der Waals surface area contributed by atoms with E-state index in [2.05, 4.69) is 11.9 Å². The van der Waals surface area contributed by atoms with Gasteiger partial charge in [-0.2, -0.15) is 0 Å². The second-order valence-electron chi connectivity index (χ2n) is 3.58. The Morgan fingerprint density at radius 2 is 2.05 bits per heavy atom. The zero-order chi connectivity index (χ0) is 15.1. The van der Waals surface area contributed by atoms with Crippen molar-refractivity contribution in [1.29, 1.82) is 0 Å². The summed E-state index contributed by atoms with van der Waals surface area (Å²) >= 11 is 0. The molecule has 20 heavy (non-hydrogen) atoms. The van der Waals surface area contributed by atoms with E-state index in [1.165, 1.54) is 32.4 Å². The third kappa shape index (κ3) is 3.64. The minimum Gasteiger partial charge on any atom is -0.493 e. The highest BCUT2D eigenvalue weighted by Gasteiger charge is 2.18. The van der Waals surface area contributed by atoms with Gasteiger partial charge in [0.15, 0.2) is 11.5 Å². The molecule has 0 aliphatic rings. The summed E-state index contributed by atoms with van der Waals surface area (Å²) in [6, 6.07) is 2.68. The molecule has 0 heterocycles. The summed E-state index contributed by atoms with van der Waals surface area (Å²) in [5.74, 6) is -0.945. The van der Waals surface area contributed by atoms with E-state index in [9.17, 15) is 9.59 Å². The van der Waals surface area contributed by atoms with Gasteiger partial charge in [0.25, 0.3) is 0 Å². The van der Waals surface area contributed by atoms with Gasteiger partial charge in [-0.25, -0.2) is 9.59 Å². The number of carbonyl (C=O) groups is 2. The van der Waals surface area contributed by atoms with Crippen molar-refractivity contribution in [3.63, 3.8) is 0 Å². The molecule has 1 aromatic rings. The number of nitrogens with one attached hydrogen (secondary N) is 1. The molecular formula is C13H15NO6. The van der Waals surface area contributed by atoms with Crippen LogP contribution >= 0.6 is 0 Å². The van der Waals surface area contributed by atoms with Gasteiger partial charge in [0, 0.05) is 11.8 Å². The van der Waals surface area contributed by atoms with Crippen molar-refractivity contribution in [3.8, 4) is 11.5 Å². The Bertz CT molecular complexity index is 526. The molecular weight excluding hydrogens is 266 g/mol. The van der Waals surface area contributed by atoms with Crippen LogP contribution in [0.3, 0.4) is 0 Å². The zero-order valence-electron chi connectivity index (χ0n) is 11.1. The molecule has 108 valence electrons. The average Bonchev–Trinajstić information content (AvgIpc) is 2.43. The Morgan fingerprint density at radius 3 is 2.55 bits per heavy atom. The number of ether oxygens (including phenoxy) is 3. The SMILES string of the molecule is C=CCOC(=O)Nc1cc(OC)c(OC)c(C(=O)O)c1. The summed E-state index contributed by atoms with van der Waals surface area (Å²) in [7, 11) is 2.69. The maximum atomic E-state index is 11.4. The van der Waals surface area contributed by atoms with Crippen molar-refractivity contribution >= 4 is 17.7 Å². The summed E-state index contributed by atoms with van der Waals surface area (Å²) in [6.07, 6.45) is 0.685. The van der Waals surface area contributed by atoms with Gasteiger partial charge in [0.2, 0.25) is 0 Å². The molecule has 0 bridgehead atoms. The molecule has 0 aliphatic heterocycles. The molecule has 2 N–H and O–H groups in total. The van der Waals surface area contributed by atoms with Crippen LogP contribution in [0.5, 0.6) is 11.5 Å². The van der Waals surface area contributed by atoms with Crippen LogP contribution in [-0.4, -0.2) is 38.0 Å². The van der Waals surface area contributed by atoms with Gasteiger partial charge in [0.05, 0.1) is 14.2 Å². The molecule has 0 atom stereocenters. The number of aromatic carboxylic acids is 1. The molecule has 1 amide bonds. The number of carbonyl (C=O) groups excluding carboxylic acids is 1. The largest absolute Gasteiger partial charge is 0.493 e.